The average Bonchev–Trinajstić information content (AvgIpc) is 1.90. The Morgan fingerprint density at radius 1 is 1.60 bits per heavy atom. The maximum atomic E-state index is 8.54. The van der Waals surface area contributed by atoms with Crippen molar-refractivity contribution in [1.82, 2.24) is 0 Å². The van der Waals surface area contributed by atoms with Crippen molar-refractivity contribution >= 4 is 9.76 Å². The van der Waals surface area contributed by atoms with E-state index >= 15 is 0 Å². The van der Waals surface area contributed by atoms with Crippen molar-refractivity contribution in [3.63, 3.8) is 0 Å². The fourth-order valence-corrected chi connectivity index (χ4v) is 1.48. The van der Waals surface area contributed by atoms with Gasteiger partial charge in [-0.15, -0.1) is 0 Å². The Kier molecular flexibility index (Phi) is 5.27. The first-order valence-electron chi connectivity index (χ1n) is 3.71. The molecule has 1 unspecified atom stereocenters. The lowest BCUT2D eigenvalue weighted by Crippen LogP contribution is -2.11. The highest BCUT2D eigenvalue weighted by Gasteiger charge is 2.05. The van der Waals surface area contributed by atoms with Crippen molar-refractivity contribution < 1.29 is 4.43 Å². The highest BCUT2D eigenvalue weighted by Crippen LogP contribution is 2.06. The molecule has 0 saturated heterocycles. The molecule has 0 N–H and O–H groups in total. The average molecular weight is 157 g/mol. The molecule has 0 aromatic rings. The number of nitrogens with zero attached hydrogens (tertiary/aromatic N) is 1. The molecule has 0 bridgehead atoms. The predicted octanol–water partition coefficient (Wildman–Crippen LogP) is 1.22. The molecule has 58 valence electrons. The lowest BCUT2D eigenvalue weighted by Gasteiger charge is -2.09. The summed E-state index contributed by atoms with van der Waals surface area (Å²) < 4.78 is 5.40. The van der Waals surface area contributed by atoms with Crippen LogP contribution in [0.4, 0.5) is 0 Å². The maximum absolute atomic E-state index is 8.54. The van der Waals surface area contributed by atoms with Gasteiger partial charge >= 0.3 is 0 Å². The first-order chi connectivity index (χ1) is 4.70. The zero-order chi connectivity index (χ0) is 7.98. The van der Waals surface area contributed by atoms with Crippen LogP contribution < -0.4 is 0 Å². The van der Waals surface area contributed by atoms with Gasteiger partial charge in [-0.25, -0.2) is 0 Å². The summed E-state index contributed by atoms with van der Waals surface area (Å²) in [6.07, 6.45) is 1.24. The molecule has 0 radical (unpaired) electrons. The van der Waals surface area contributed by atoms with E-state index in [1.165, 1.54) is 0 Å². The Labute approximate surface area is 65.1 Å². The van der Waals surface area contributed by atoms with E-state index in [0.29, 0.717) is 6.10 Å². The molecule has 0 aromatic carbocycles. The summed E-state index contributed by atoms with van der Waals surface area (Å²) in [5.74, 6) is 0. The van der Waals surface area contributed by atoms with Crippen LogP contribution in [0, 0.1) is 11.3 Å². The van der Waals surface area contributed by atoms with Gasteiger partial charge in [0, 0.05) is 6.10 Å². The van der Waals surface area contributed by atoms with Crippen LogP contribution in [-0.4, -0.2) is 15.9 Å². The first-order valence-corrected chi connectivity index (χ1v) is 5.11. The fraction of sp³-hybridized carbons (Fsp3) is 0.857. The lowest BCUT2D eigenvalue weighted by atomic mass is 10.4. The van der Waals surface area contributed by atoms with Crippen LogP contribution in [0.5, 0.6) is 0 Å². The fourth-order valence-electron chi connectivity index (χ4n) is 0.555. The van der Waals surface area contributed by atoms with Crippen LogP contribution >= 0.6 is 0 Å². The standard InChI is InChI=1S/C7H15NOSi/c1-4-7(5-8)10-9-6(2)3/h6-7H,4,10H2,1-3H3. The van der Waals surface area contributed by atoms with Gasteiger partial charge in [-0.2, -0.15) is 5.26 Å². The topological polar surface area (TPSA) is 33.0 Å². The molecule has 10 heavy (non-hydrogen) atoms. The molecule has 0 aliphatic rings. The molecule has 0 aliphatic heterocycles. The minimum atomic E-state index is -0.583. The maximum Gasteiger partial charge on any atom is 0.178 e. The Morgan fingerprint density at radius 3 is 2.50 bits per heavy atom. The summed E-state index contributed by atoms with van der Waals surface area (Å²) >= 11 is 0. The Balaban J connectivity index is 3.38. The van der Waals surface area contributed by atoms with E-state index in [1.54, 1.807) is 0 Å². The smallest absolute Gasteiger partial charge is 0.178 e. The third-order valence-corrected chi connectivity index (χ3v) is 3.33. The summed E-state index contributed by atoms with van der Waals surface area (Å²) in [7, 11) is -0.583. The summed E-state index contributed by atoms with van der Waals surface area (Å²) in [6.45, 7) is 6.05. The van der Waals surface area contributed by atoms with E-state index in [4.69, 9.17) is 9.69 Å². The van der Waals surface area contributed by atoms with Crippen LogP contribution in [0.2, 0.25) is 5.54 Å². The molecule has 1 atom stereocenters. The first kappa shape index (κ1) is 9.67. The molecule has 0 spiro atoms. The van der Waals surface area contributed by atoms with Crippen LogP contribution in [0.1, 0.15) is 27.2 Å². The Hall–Kier alpha value is -0.333. The third-order valence-electron chi connectivity index (χ3n) is 1.31. The van der Waals surface area contributed by atoms with Gasteiger partial charge in [-0.3, -0.25) is 0 Å². The second-order valence-electron chi connectivity index (χ2n) is 2.62. The second-order valence-corrected chi connectivity index (χ2v) is 4.27. The minimum absolute atomic E-state index is 0.211. The highest BCUT2D eigenvalue weighted by molar-refractivity contribution is 6.30. The van der Waals surface area contributed by atoms with Crippen LogP contribution in [0.15, 0.2) is 0 Å². The van der Waals surface area contributed by atoms with Gasteiger partial charge in [-0.05, 0) is 20.3 Å². The molecular formula is C7H15NOSi. The third kappa shape index (κ3) is 4.54. The molecule has 0 fully saturated rings. The Morgan fingerprint density at radius 2 is 2.20 bits per heavy atom. The predicted molar refractivity (Wildman–Crippen MR) is 44.4 cm³/mol. The summed E-state index contributed by atoms with van der Waals surface area (Å²) in [5.41, 5.74) is 0.211. The normalized spacial score (nSPS) is 14.3. The van der Waals surface area contributed by atoms with E-state index < -0.39 is 9.76 Å². The van der Waals surface area contributed by atoms with E-state index in [1.807, 2.05) is 20.8 Å². The van der Waals surface area contributed by atoms with Gasteiger partial charge in [0.15, 0.2) is 9.76 Å². The van der Waals surface area contributed by atoms with E-state index in [-0.39, 0.29) is 5.54 Å². The lowest BCUT2D eigenvalue weighted by molar-refractivity contribution is 0.252. The van der Waals surface area contributed by atoms with E-state index in [9.17, 15) is 0 Å². The largest absolute Gasteiger partial charge is 0.420 e. The van der Waals surface area contributed by atoms with Crippen molar-refractivity contribution in [2.75, 3.05) is 0 Å². The molecule has 0 rings (SSSR count). The number of nitriles is 1. The zero-order valence-electron chi connectivity index (χ0n) is 6.92. The van der Waals surface area contributed by atoms with Gasteiger partial charge in [-0.1, -0.05) is 6.92 Å². The van der Waals surface area contributed by atoms with Gasteiger partial charge in [0.2, 0.25) is 0 Å². The van der Waals surface area contributed by atoms with Gasteiger partial charge in [0.05, 0.1) is 11.6 Å². The number of hydrogen-bond acceptors (Lipinski definition) is 2. The number of hydrogen-bond donors (Lipinski definition) is 0. The monoisotopic (exact) mass is 157 g/mol. The molecule has 3 heteroatoms. The van der Waals surface area contributed by atoms with Crippen molar-refractivity contribution in [2.24, 2.45) is 0 Å². The molecule has 0 amide bonds. The zero-order valence-corrected chi connectivity index (χ0v) is 8.34. The van der Waals surface area contributed by atoms with Crippen molar-refractivity contribution in [3.8, 4) is 6.07 Å². The second kappa shape index (κ2) is 5.45. The van der Waals surface area contributed by atoms with Crippen molar-refractivity contribution in [3.05, 3.63) is 0 Å². The van der Waals surface area contributed by atoms with Gasteiger partial charge in [0.1, 0.15) is 0 Å². The van der Waals surface area contributed by atoms with Crippen molar-refractivity contribution in [2.45, 2.75) is 38.8 Å². The van der Waals surface area contributed by atoms with Crippen LogP contribution in [0.3, 0.4) is 0 Å². The van der Waals surface area contributed by atoms with E-state index in [0.717, 1.165) is 6.42 Å². The summed E-state index contributed by atoms with van der Waals surface area (Å²) in [5, 5.41) is 8.54. The molecule has 0 saturated carbocycles. The minimum Gasteiger partial charge on any atom is -0.420 e. The van der Waals surface area contributed by atoms with Gasteiger partial charge < -0.3 is 4.43 Å². The van der Waals surface area contributed by atoms with Crippen LogP contribution in [-0.2, 0) is 4.43 Å². The molecule has 0 aliphatic carbocycles. The highest BCUT2D eigenvalue weighted by atomic mass is 28.2. The summed E-state index contributed by atoms with van der Waals surface area (Å²) in [4.78, 5) is 0. The van der Waals surface area contributed by atoms with E-state index in [2.05, 4.69) is 6.07 Å². The van der Waals surface area contributed by atoms with Gasteiger partial charge in [0.25, 0.3) is 0 Å². The SMILES string of the molecule is CCC(C#N)[SiH2]OC(C)C. The molecule has 2 nitrogen and oxygen atoms in total. The molecule has 0 aromatic heterocycles. The summed E-state index contributed by atoms with van der Waals surface area (Å²) in [6, 6.07) is 2.24. The van der Waals surface area contributed by atoms with Crippen LogP contribution in [0.25, 0.3) is 0 Å². The molecular weight excluding hydrogens is 142 g/mol. The number of rotatable bonds is 4. The Bertz CT molecular complexity index is 119. The quantitative estimate of drug-likeness (QED) is 0.575. The van der Waals surface area contributed by atoms with Crippen molar-refractivity contribution in [1.29, 1.82) is 5.26 Å². The molecule has 0 heterocycles.